The minimum absolute atomic E-state index is 0.0220. The molecule has 0 saturated heterocycles. The van der Waals surface area contributed by atoms with Gasteiger partial charge in [-0.1, -0.05) is 12.1 Å². The van der Waals surface area contributed by atoms with Gasteiger partial charge in [-0.3, -0.25) is 0 Å². The van der Waals surface area contributed by atoms with Crippen LogP contribution in [0.5, 0.6) is 5.75 Å². The lowest BCUT2D eigenvalue weighted by Crippen LogP contribution is -2.46. The van der Waals surface area contributed by atoms with E-state index in [9.17, 15) is 9.90 Å². The predicted octanol–water partition coefficient (Wildman–Crippen LogP) is 1.27. The zero-order valence-corrected chi connectivity index (χ0v) is 11.8. The Hall–Kier alpha value is -1.59. The van der Waals surface area contributed by atoms with Crippen LogP contribution in [0.15, 0.2) is 24.3 Å². The van der Waals surface area contributed by atoms with Crippen LogP contribution >= 0.6 is 0 Å². The Labute approximate surface area is 113 Å². The number of hydrogen-bond acceptors (Lipinski definition) is 5. The molecule has 0 aliphatic carbocycles. The summed E-state index contributed by atoms with van der Waals surface area (Å²) in [6, 6.07) is 7.59. The fourth-order valence-corrected chi connectivity index (χ4v) is 1.67. The van der Waals surface area contributed by atoms with Gasteiger partial charge in [0.15, 0.2) is 5.60 Å². The summed E-state index contributed by atoms with van der Waals surface area (Å²) in [5, 5.41) is 13.0. The Morgan fingerprint density at radius 1 is 1.47 bits per heavy atom. The normalized spacial score (nSPS) is 15.4. The minimum atomic E-state index is -1.54. The zero-order chi connectivity index (χ0) is 14.5. The molecular weight excluding hydrogens is 246 g/mol. The van der Waals surface area contributed by atoms with Crippen molar-refractivity contribution in [1.29, 1.82) is 0 Å². The first-order valence-corrected chi connectivity index (χ1v) is 6.09. The number of benzene rings is 1. The minimum Gasteiger partial charge on any atom is -0.497 e. The molecule has 0 amide bonds. The van der Waals surface area contributed by atoms with Gasteiger partial charge in [-0.25, -0.2) is 4.79 Å². The molecule has 0 aliphatic rings. The van der Waals surface area contributed by atoms with E-state index in [0.29, 0.717) is 0 Å². The lowest BCUT2D eigenvalue weighted by molar-refractivity contribution is -0.160. The number of hydrogen-bond donors (Lipinski definition) is 2. The largest absolute Gasteiger partial charge is 0.497 e. The van der Waals surface area contributed by atoms with E-state index in [2.05, 4.69) is 10.1 Å². The molecule has 5 nitrogen and oxygen atoms in total. The van der Waals surface area contributed by atoms with E-state index < -0.39 is 11.6 Å². The van der Waals surface area contributed by atoms with Crippen LogP contribution in [-0.2, 0) is 9.53 Å². The molecule has 2 atom stereocenters. The SMILES string of the molecule is COC(=O)C(C)(O)CN[C@@H](C)c1cccc(OC)c1. The molecule has 5 heteroatoms. The van der Waals surface area contributed by atoms with Gasteiger partial charge in [0.05, 0.1) is 14.2 Å². The van der Waals surface area contributed by atoms with E-state index in [1.165, 1.54) is 14.0 Å². The zero-order valence-electron chi connectivity index (χ0n) is 11.8. The Morgan fingerprint density at radius 3 is 2.74 bits per heavy atom. The van der Waals surface area contributed by atoms with Crippen molar-refractivity contribution in [3.8, 4) is 5.75 Å². The van der Waals surface area contributed by atoms with Gasteiger partial charge in [-0.15, -0.1) is 0 Å². The molecule has 1 rings (SSSR count). The fraction of sp³-hybridized carbons (Fsp3) is 0.500. The van der Waals surface area contributed by atoms with Crippen molar-refractivity contribution in [2.75, 3.05) is 20.8 Å². The van der Waals surface area contributed by atoms with E-state index in [-0.39, 0.29) is 12.6 Å². The van der Waals surface area contributed by atoms with E-state index in [1.54, 1.807) is 7.11 Å². The Morgan fingerprint density at radius 2 is 2.16 bits per heavy atom. The van der Waals surface area contributed by atoms with Crippen molar-refractivity contribution in [3.05, 3.63) is 29.8 Å². The second-order valence-electron chi connectivity index (χ2n) is 4.64. The summed E-state index contributed by atoms with van der Waals surface area (Å²) in [7, 11) is 2.86. The molecule has 1 aromatic carbocycles. The summed E-state index contributed by atoms with van der Waals surface area (Å²) in [4.78, 5) is 11.4. The van der Waals surface area contributed by atoms with Crippen LogP contribution in [0.4, 0.5) is 0 Å². The quantitative estimate of drug-likeness (QED) is 0.760. The molecule has 19 heavy (non-hydrogen) atoms. The lowest BCUT2D eigenvalue weighted by Gasteiger charge is -2.23. The number of carbonyl (C=O) groups excluding carboxylic acids is 1. The summed E-state index contributed by atoms with van der Waals surface area (Å²) in [6.07, 6.45) is 0. The summed E-state index contributed by atoms with van der Waals surface area (Å²) in [5.74, 6) is 0.115. The highest BCUT2D eigenvalue weighted by atomic mass is 16.5. The van der Waals surface area contributed by atoms with Gasteiger partial charge in [0.25, 0.3) is 0 Å². The third-order valence-electron chi connectivity index (χ3n) is 2.97. The number of nitrogens with one attached hydrogen (secondary N) is 1. The maximum Gasteiger partial charge on any atom is 0.338 e. The molecule has 0 heterocycles. The summed E-state index contributed by atoms with van der Waals surface area (Å²) in [6.45, 7) is 3.48. The highest BCUT2D eigenvalue weighted by Gasteiger charge is 2.31. The van der Waals surface area contributed by atoms with Crippen LogP contribution in [0.3, 0.4) is 0 Å². The first-order chi connectivity index (χ1) is 8.90. The van der Waals surface area contributed by atoms with Crippen molar-refractivity contribution in [2.24, 2.45) is 0 Å². The Balaban J connectivity index is 2.64. The van der Waals surface area contributed by atoms with Gasteiger partial charge in [0.2, 0.25) is 0 Å². The van der Waals surface area contributed by atoms with Crippen LogP contribution < -0.4 is 10.1 Å². The third-order valence-corrected chi connectivity index (χ3v) is 2.97. The van der Waals surface area contributed by atoms with Crippen molar-refractivity contribution < 1.29 is 19.4 Å². The van der Waals surface area contributed by atoms with Gasteiger partial charge in [-0.2, -0.15) is 0 Å². The van der Waals surface area contributed by atoms with E-state index in [4.69, 9.17) is 4.74 Å². The molecule has 0 saturated carbocycles. The van der Waals surface area contributed by atoms with Crippen molar-refractivity contribution in [2.45, 2.75) is 25.5 Å². The van der Waals surface area contributed by atoms with Crippen LogP contribution in [0.2, 0.25) is 0 Å². The smallest absolute Gasteiger partial charge is 0.338 e. The molecule has 2 N–H and O–H groups in total. The number of rotatable bonds is 6. The number of esters is 1. The van der Waals surface area contributed by atoms with E-state index in [1.807, 2.05) is 31.2 Å². The number of aliphatic hydroxyl groups is 1. The monoisotopic (exact) mass is 267 g/mol. The van der Waals surface area contributed by atoms with E-state index in [0.717, 1.165) is 11.3 Å². The first-order valence-electron chi connectivity index (χ1n) is 6.09. The third kappa shape index (κ3) is 4.22. The van der Waals surface area contributed by atoms with Gasteiger partial charge in [-0.05, 0) is 31.5 Å². The second kappa shape index (κ2) is 6.54. The molecule has 106 valence electrons. The number of methoxy groups -OCH3 is 2. The van der Waals surface area contributed by atoms with E-state index >= 15 is 0 Å². The number of ether oxygens (including phenoxy) is 2. The lowest BCUT2D eigenvalue weighted by atomic mass is 10.0. The predicted molar refractivity (Wildman–Crippen MR) is 72.1 cm³/mol. The molecule has 0 spiro atoms. The fourth-order valence-electron chi connectivity index (χ4n) is 1.67. The van der Waals surface area contributed by atoms with Crippen LogP contribution in [0.25, 0.3) is 0 Å². The maximum atomic E-state index is 11.4. The summed E-state index contributed by atoms with van der Waals surface area (Å²) in [5.41, 5.74) is -0.526. The van der Waals surface area contributed by atoms with Crippen molar-refractivity contribution >= 4 is 5.97 Å². The Kier molecular flexibility index (Phi) is 5.32. The van der Waals surface area contributed by atoms with Crippen LogP contribution in [0, 0.1) is 0 Å². The first kappa shape index (κ1) is 15.5. The molecule has 0 aliphatic heterocycles. The standard InChI is InChI=1S/C14H21NO4/c1-10(11-6-5-7-12(8-11)18-3)15-9-14(2,17)13(16)19-4/h5-8,10,15,17H,9H2,1-4H3/t10-,14?/m0/s1. The molecule has 0 radical (unpaired) electrons. The highest BCUT2D eigenvalue weighted by molar-refractivity contribution is 5.78. The molecular formula is C14H21NO4. The molecule has 0 fully saturated rings. The Bertz CT molecular complexity index is 431. The highest BCUT2D eigenvalue weighted by Crippen LogP contribution is 2.19. The maximum absolute atomic E-state index is 11.4. The average Bonchev–Trinajstić information content (AvgIpc) is 2.43. The van der Waals surface area contributed by atoms with Crippen molar-refractivity contribution in [3.63, 3.8) is 0 Å². The second-order valence-corrected chi connectivity index (χ2v) is 4.64. The van der Waals surface area contributed by atoms with Crippen molar-refractivity contribution in [1.82, 2.24) is 5.32 Å². The van der Waals surface area contributed by atoms with Gasteiger partial charge in [0, 0.05) is 12.6 Å². The topological polar surface area (TPSA) is 67.8 Å². The molecule has 0 aromatic heterocycles. The summed E-state index contributed by atoms with van der Waals surface area (Å²) >= 11 is 0. The average molecular weight is 267 g/mol. The van der Waals surface area contributed by atoms with Gasteiger partial charge in [0.1, 0.15) is 5.75 Å². The van der Waals surface area contributed by atoms with Gasteiger partial charge >= 0.3 is 5.97 Å². The number of carbonyl (C=O) groups is 1. The van der Waals surface area contributed by atoms with Crippen LogP contribution in [0.1, 0.15) is 25.5 Å². The molecule has 1 unspecified atom stereocenters. The van der Waals surface area contributed by atoms with Crippen LogP contribution in [-0.4, -0.2) is 37.4 Å². The van der Waals surface area contributed by atoms with Gasteiger partial charge < -0.3 is 19.9 Å². The molecule has 0 bridgehead atoms. The molecule has 1 aromatic rings. The summed E-state index contributed by atoms with van der Waals surface area (Å²) < 4.78 is 9.70.